The van der Waals surface area contributed by atoms with E-state index in [0.717, 1.165) is 21.4 Å². The van der Waals surface area contributed by atoms with Gasteiger partial charge < -0.3 is 19.7 Å². The number of pyridine rings is 1. The number of nitrogens with zero attached hydrogens (tertiary/aromatic N) is 2. The molecule has 0 unspecified atom stereocenters. The summed E-state index contributed by atoms with van der Waals surface area (Å²) >= 11 is 7.10. The summed E-state index contributed by atoms with van der Waals surface area (Å²) in [6, 6.07) is 17.8. The second-order valence-corrected chi connectivity index (χ2v) is 8.08. The maximum Gasteiger partial charge on any atom is 0.170 e. The van der Waals surface area contributed by atoms with Crippen molar-refractivity contribution in [3.05, 3.63) is 77.8 Å². The molecule has 1 aliphatic rings. The quantitative estimate of drug-likeness (QED) is 0.592. The molecule has 1 aliphatic heterocycles. The molecular formula is C21H21N3O2S2. The summed E-state index contributed by atoms with van der Waals surface area (Å²) in [5, 5.41) is 14.3. The Morgan fingerprint density at radius 3 is 2.71 bits per heavy atom. The van der Waals surface area contributed by atoms with E-state index in [1.807, 2.05) is 35.2 Å². The molecule has 28 heavy (non-hydrogen) atoms. The van der Waals surface area contributed by atoms with Crippen LogP contribution in [0.3, 0.4) is 0 Å². The summed E-state index contributed by atoms with van der Waals surface area (Å²) in [6.07, 6.45) is 1.77. The zero-order valence-corrected chi connectivity index (χ0v) is 17.0. The van der Waals surface area contributed by atoms with Crippen molar-refractivity contribution in [2.75, 3.05) is 13.2 Å². The third-order valence-electron chi connectivity index (χ3n) is 4.67. The van der Waals surface area contributed by atoms with Crippen molar-refractivity contribution in [1.82, 2.24) is 15.2 Å². The molecule has 7 heteroatoms. The lowest BCUT2D eigenvalue weighted by Crippen LogP contribution is -2.32. The highest BCUT2D eigenvalue weighted by Crippen LogP contribution is 2.40. The third-order valence-corrected chi connectivity index (χ3v) is 5.95. The van der Waals surface area contributed by atoms with E-state index in [1.165, 1.54) is 5.56 Å². The first kappa shape index (κ1) is 19.0. The van der Waals surface area contributed by atoms with Gasteiger partial charge in [-0.15, -0.1) is 0 Å². The standard InChI is InChI=1S/C21H21N3O2S2/c1-14-5-7-15(8-6-14)28-18-10-9-17(26-18)20-19(16-4-2-3-11-22-16)23-21(27)24(20)12-13-25/h2-11,19-20,25H,12-13H2,1H3,(H,23,27)/t19-,20+/m0/s1. The summed E-state index contributed by atoms with van der Waals surface area (Å²) < 4.78 is 6.19. The third kappa shape index (κ3) is 3.92. The van der Waals surface area contributed by atoms with Crippen molar-refractivity contribution in [2.24, 2.45) is 0 Å². The van der Waals surface area contributed by atoms with Gasteiger partial charge in [-0.2, -0.15) is 0 Å². The number of nitrogens with one attached hydrogen (secondary N) is 1. The number of aryl methyl sites for hydroxylation is 1. The van der Waals surface area contributed by atoms with Gasteiger partial charge in [-0.05, 0) is 55.5 Å². The molecular weight excluding hydrogens is 390 g/mol. The van der Waals surface area contributed by atoms with Crippen molar-refractivity contribution >= 4 is 29.1 Å². The Balaban J connectivity index is 1.63. The maximum absolute atomic E-state index is 9.51. The minimum atomic E-state index is -0.165. The normalized spacial score (nSPS) is 19.1. The fourth-order valence-corrected chi connectivity index (χ4v) is 4.44. The lowest BCUT2D eigenvalue weighted by Gasteiger charge is -2.25. The van der Waals surface area contributed by atoms with E-state index in [1.54, 1.807) is 18.0 Å². The van der Waals surface area contributed by atoms with E-state index in [2.05, 4.69) is 41.5 Å². The van der Waals surface area contributed by atoms with Gasteiger partial charge in [0, 0.05) is 17.6 Å². The molecule has 1 fully saturated rings. The van der Waals surface area contributed by atoms with Gasteiger partial charge in [0.25, 0.3) is 0 Å². The first-order chi connectivity index (χ1) is 13.7. The highest BCUT2D eigenvalue weighted by atomic mass is 32.2. The Labute approximate surface area is 173 Å². The molecule has 2 N–H and O–H groups in total. The lowest BCUT2D eigenvalue weighted by molar-refractivity contribution is 0.204. The summed E-state index contributed by atoms with van der Waals surface area (Å²) in [5.74, 6) is 0.797. The van der Waals surface area contributed by atoms with Gasteiger partial charge in [-0.1, -0.05) is 35.5 Å². The highest BCUT2D eigenvalue weighted by Gasteiger charge is 2.41. The number of aromatic nitrogens is 1. The van der Waals surface area contributed by atoms with Gasteiger partial charge in [0.1, 0.15) is 11.8 Å². The second kappa shape index (κ2) is 8.34. The van der Waals surface area contributed by atoms with Crippen LogP contribution in [0, 0.1) is 6.92 Å². The lowest BCUT2D eigenvalue weighted by atomic mass is 10.0. The molecule has 0 aliphatic carbocycles. The molecule has 144 valence electrons. The molecule has 3 heterocycles. The topological polar surface area (TPSA) is 61.5 Å². The van der Waals surface area contributed by atoms with Gasteiger partial charge in [0.2, 0.25) is 0 Å². The van der Waals surface area contributed by atoms with Crippen LogP contribution in [-0.4, -0.2) is 33.3 Å². The number of aliphatic hydroxyl groups is 1. The van der Waals surface area contributed by atoms with E-state index in [4.69, 9.17) is 16.6 Å². The Morgan fingerprint density at radius 2 is 2.00 bits per heavy atom. The molecule has 2 atom stereocenters. The zero-order valence-electron chi connectivity index (χ0n) is 15.4. The van der Waals surface area contributed by atoms with Crippen molar-refractivity contribution in [1.29, 1.82) is 0 Å². The van der Waals surface area contributed by atoms with Crippen LogP contribution in [-0.2, 0) is 0 Å². The molecule has 0 amide bonds. The van der Waals surface area contributed by atoms with E-state index >= 15 is 0 Å². The van der Waals surface area contributed by atoms with Crippen LogP contribution < -0.4 is 5.32 Å². The minimum Gasteiger partial charge on any atom is -0.452 e. The van der Waals surface area contributed by atoms with Gasteiger partial charge in [-0.3, -0.25) is 4.98 Å². The molecule has 0 bridgehead atoms. The molecule has 5 nitrogen and oxygen atoms in total. The molecule has 0 radical (unpaired) electrons. The van der Waals surface area contributed by atoms with Crippen molar-refractivity contribution < 1.29 is 9.52 Å². The van der Waals surface area contributed by atoms with Crippen molar-refractivity contribution in [3.8, 4) is 0 Å². The number of hydrogen-bond donors (Lipinski definition) is 2. The molecule has 1 saturated heterocycles. The Kier molecular flexibility index (Phi) is 5.66. The number of hydrogen-bond acceptors (Lipinski definition) is 5. The van der Waals surface area contributed by atoms with Crippen molar-refractivity contribution in [2.45, 2.75) is 29.0 Å². The smallest absolute Gasteiger partial charge is 0.170 e. The molecule has 1 aromatic carbocycles. The van der Waals surface area contributed by atoms with Crippen LogP contribution in [0.2, 0.25) is 0 Å². The number of β-amino-alcohol motifs (C(OH)–C–C–N with tert-alkyl or cyclic N) is 1. The van der Waals surface area contributed by atoms with Crippen LogP contribution in [0.5, 0.6) is 0 Å². The van der Waals surface area contributed by atoms with Gasteiger partial charge >= 0.3 is 0 Å². The van der Waals surface area contributed by atoms with Gasteiger partial charge in [0.15, 0.2) is 10.2 Å². The SMILES string of the molecule is Cc1ccc(Sc2ccc([C@@H]3[C@H](c4ccccn4)NC(=S)N3CCO)o2)cc1. The predicted molar refractivity (Wildman–Crippen MR) is 113 cm³/mol. The van der Waals surface area contributed by atoms with E-state index in [-0.39, 0.29) is 18.7 Å². The monoisotopic (exact) mass is 411 g/mol. The van der Waals surface area contributed by atoms with E-state index in [9.17, 15) is 5.11 Å². The number of thiocarbonyl (C=S) groups is 1. The second-order valence-electron chi connectivity index (χ2n) is 6.62. The summed E-state index contributed by atoms with van der Waals surface area (Å²) in [5.41, 5.74) is 2.12. The Hall–Kier alpha value is -2.35. The maximum atomic E-state index is 9.51. The van der Waals surface area contributed by atoms with Gasteiger partial charge in [-0.25, -0.2) is 0 Å². The number of rotatable bonds is 6. The molecule has 4 rings (SSSR count). The Bertz CT molecular complexity index is 944. The number of benzene rings is 1. The van der Waals surface area contributed by atoms with Crippen LogP contribution in [0.1, 0.15) is 29.1 Å². The largest absolute Gasteiger partial charge is 0.452 e. The van der Waals surface area contributed by atoms with Gasteiger partial charge in [0.05, 0.1) is 18.3 Å². The minimum absolute atomic E-state index is 0.0128. The first-order valence-electron chi connectivity index (χ1n) is 9.09. The van der Waals surface area contributed by atoms with E-state index in [0.29, 0.717) is 11.7 Å². The van der Waals surface area contributed by atoms with Crippen LogP contribution in [0.4, 0.5) is 0 Å². The first-order valence-corrected chi connectivity index (χ1v) is 10.3. The Morgan fingerprint density at radius 1 is 1.18 bits per heavy atom. The molecule has 0 saturated carbocycles. The van der Waals surface area contributed by atoms with Crippen LogP contribution >= 0.6 is 24.0 Å². The highest BCUT2D eigenvalue weighted by molar-refractivity contribution is 7.99. The summed E-state index contributed by atoms with van der Waals surface area (Å²) in [7, 11) is 0. The van der Waals surface area contributed by atoms with Crippen LogP contribution in [0.15, 0.2) is 75.2 Å². The fourth-order valence-electron chi connectivity index (χ4n) is 3.33. The average molecular weight is 412 g/mol. The number of furan rings is 1. The number of aliphatic hydroxyl groups excluding tert-OH is 1. The fraction of sp³-hybridized carbons (Fsp3) is 0.238. The predicted octanol–water partition coefficient (Wildman–Crippen LogP) is 4.10. The zero-order chi connectivity index (χ0) is 19.5. The van der Waals surface area contributed by atoms with Crippen molar-refractivity contribution in [3.63, 3.8) is 0 Å². The van der Waals surface area contributed by atoms with Crippen LogP contribution in [0.25, 0.3) is 0 Å². The summed E-state index contributed by atoms with van der Waals surface area (Å²) in [6.45, 7) is 2.52. The van der Waals surface area contributed by atoms with E-state index < -0.39 is 0 Å². The molecule has 2 aromatic heterocycles. The molecule has 3 aromatic rings. The molecule has 0 spiro atoms. The summed E-state index contributed by atoms with van der Waals surface area (Å²) in [4.78, 5) is 7.58. The average Bonchev–Trinajstić information content (AvgIpc) is 3.29.